The minimum absolute atomic E-state index is 0.189. The molecule has 3 rings (SSSR count). The summed E-state index contributed by atoms with van der Waals surface area (Å²) in [7, 11) is -3.67. The van der Waals surface area contributed by atoms with E-state index < -0.39 is 10.0 Å². The van der Waals surface area contributed by atoms with E-state index in [1.165, 1.54) is 36.7 Å². The molecule has 1 aromatic carbocycles. The zero-order chi connectivity index (χ0) is 13.5. The Hall–Kier alpha value is -2.34. The molecule has 3 aromatic rings. The topological polar surface area (TPSA) is 66.0 Å². The van der Waals surface area contributed by atoms with Gasteiger partial charge in [-0.15, -0.1) is 0 Å². The van der Waals surface area contributed by atoms with Crippen LogP contribution in [-0.4, -0.2) is 12.4 Å². The first-order chi connectivity index (χ1) is 9.10. The molecule has 96 valence electrons. The Morgan fingerprint density at radius 1 is 1.00 bits per heavy atom. The highest BCUT2D eigenvalue weighted by molar-refractivity contribution is 7.90. The van der Waals surface area contributed by atoms with E-state index in [9.17, 15) is 13.6 Å². The molecular weight excluding hydrogens is 264 g/mol. The van der Waals surface area contributed by atoms with E-state index in [-0.39, 0.29) is 4.90 Å². The molecule has 0 aliphatic carbocycles. The van der Waals surface area contributed by atoms with Gasteiger partial charge >= 0.3 is 0 Å². The minimum Gasteiger partial charge on any atom is -0.618 e. The average molecular weight is 274 g/mol. The van der Waals surface area contributed by atoms with Crippen molar-refractivity contribution < 1.29 is 13.1 Å². The van der Waals surface area contributed by atoms with Gasteiger partial charge in [-0.1, -0.05) is 18.2 Å². The maximum Gasteiger partial charge on any atom is 0.268 e. The molecule has 5 nitrogen and oxygen atoms in total. The lowest BCUT2D eigenvalue weighted by Gasteiger charge is -2.06. The van der Waals surface area contributed by atoms with Crippen LogP contribution in [0.4, 0.5) is 0 Å². The monoisotopic (exact) mass is 274 g/mol. The van der Waals surface area contributed by atoms with Crippen LogP contribution in [0, 0.1) is 5.21 Å². The summed E-state index contributed by atoms with van der Waals surface area (Å²) in [4.78, 5) is 0.189. The Morgan fingerprint density at radius 3 is 2.47 bits per heavy atom. The van der Waals surface area contributed by atoms with Gasteiger partial charge < -0.3 is 5.21 Å². The predicted octanol–water partition coefficient (Wildman–Crippen LogP) is 1.51. The van der Waals surface area contributed by atoms with Crippen LogP contribution in [0.25, 0.3) is 11.0 Å². The Kier molecular flexibility index (Phi) is 2.53. The Labute approximate surface area is 110 Å². The number of pyridine rings is 1. The van der Waals surface area contributed by atoms with Gasteiger partial charge in [0.05, 0.1) is 4.90 Å². The van der Waals surface area contributed by atoms with Gasteiger partial charge in [0.1, 0.15) is 5.52 Å². The highest BCUT2D eigenvalue weighted by Gasteiger charge is 2.20. The molecule has 6 heteroatoms. The Morgan fingerprint density at radius 2 is 1.74 bits per heavy atom. The van der Waals surface area contributed by atoms with E-state index in [2.05, 4.69) is 0 Å². The third-order valence-electron chi connectivity index (χ3n) is 2.88. The third-order valence-corrected chi connectivity index (χ3v) is 4.58. The van der Waals surface area contributed by atoms with E-state index in [1.807, 2.05) is 0 Å². The number of hydrogen-bond donors (Lipinski definition) is 0. The van der Waals surface area contributed by atoms with Crippen LogP contribution in [-0.2, 0) is 10.0 Å². The number of benzene rings is 1. The summed E-state index contributed by atoms with van der Waals surface area (Å²) in [5, 5.41) is 11.6. The number of aromatic nitrogens is 2. The molecule has 0 atom stereocenters. The molecule has 0 aliphatic rings. The summed E-state index contributed by atoms with van der Waals surface area (Å²) in [5.41, 5.74) is 0.684. The lowest BCUT2D eigenvalue weighted by atomic mass is 10.4. The molecule has 0 spiro atoms. The lowest BCUT2D eigenvalue weighted by molar-refractivity contribution is -0.576. The highest BCUT2D eigenvalue weighted by atomic mass is 32.2. The second kappa shape index (κ2) is 4.10. The van der Waals surface area contributed by atoms with Crippen LogP contribution in [0.15, 0.2) is 65.8 Å². The molecule has 0 N–H and O–H groups in total. The molecule has 0 bridgehead atoms. The van der Waals surface area contributed by atoms with Gasteiger partial charge in [0.25, 0.3) is 10.0 Å². The van der Waals surface area contributed by atoms with Crippen molar-refractivity contribution >= 4 is 21.1 Å². The molecular formula is C13H10N2O3S. The fourth-order valence-electron chi connectivity index (χ4n) is 1.97. The molecule has 0 unspecified atom stereocenters. The van der Waals surface area contributed by atoms with Crippen molar-refractivity contribution in [3.05, 3.63) is 66.1 Å². The standard InChI is InChI=1S/C13H10N2O3S/c16-14-9-4-7-13-12(14)8-10-15(13)19(17,18)11-5-2-1-3-6-11/h1-10H. The van der Waals surface area contributed by atoms with Crippen LogP contribution in [0.3, 0.4) is 0 Å². The van der Waals surface area contributed by atoms with Gasteiger partial charge in [-0.3, -0.25) is 0 Å². The van der Waals surface area contributed by atoms with Gasteiger partial charge in [-0.25, -0.2) is 12.4 Å². The third kappa shape index (κ3) is 1.77. The fourth-order valence-corrected chi connectivity index (χ4v) is 3.33. The number of hydrogen-bond acceptors (Lipinski definition) is 3. The molecule has 0 fully saturated rings. The summed E-state index contributed by atoms with van der Waals surface area (Å²) in [6.07, 6.45) is 2.73. The number of fused-ring (bicyclic) bond motifs is 1. The molecule has 19 heavy (non-hydrogen) atoms. The second-order valence-electron chi connectivity index (χ2n) is 4.03. The van der Waals surface area contributed by atoms with E-state index in [1.54, 1.807) is 24.3 Å². The zero-order valence-corrected chi connectivity index (χ0v) is 10.6. The SMILES string of the molecule is O=S(=O)(c1ccccc1)n1ccc2c1ccc[n+]2[O-]. The van der Waals surface area contributed by atoms with E-state index in [0.717, 1.165) is 3.97 Å². The number of rotatable bonds is 2. The molecule has 2 aromatic heterocycles. The normalized spacial score (nSPS) is 11.8. The average Bonchev–Trinajstić information content (AvgIpc) is 2.86. The first-order valence-electron chi connectivity index (χ1n) is 5.60. The van der Waals surface area contributed by atoms with Gasteiger partial charge in [0.2, 0.25) is 5.52 Å². The smallest absolute Gasteiger partial charge is 0.268 e. The van der Waals surface area contributed by atoms with E-state index in [4.69, 9.17) is 0 Å². The Bertz CT molecular complexity index is 839. The van der Waals surface area contributed by atoms with Crippen LogP contribution >= 0.6 is 0 Å². The maximum atomic E-state index is 12.5. The molecule has 0 saturated carbocycles. The fraction of sp³-hybridized carbons (Fsp3) is 0. The van der Waals surface area contributed by atoms with E-state index in [0.29, 0.717) is 15.8 Å². The van der Waals surface area contributed by atoms with Crippen molar-refractivity contribution in [1.82, 2.24) is 3.97 Å². The molecule has 0 saturated heterocycles. The van der Waals surface area contributed by atoms with Crippen molar-refractivity contribution in [2.45, 2.75) is 4.90 Å². The highest BCUT2D eigenvalue weighted by Crippen LogP contribution is 2.19. The predicted molar refractivity (Wildman–Crippen MR) is 69.9 cm³/mol. The van der Waals surface area contributed by atoms with Crippen LogP contribution in [0.1, 0.15) is 0 Å². The molecule has 0 aliphatic heterocycles. The maximum absolute atomic E-state index is 12.5. The molecule has 0 radical (unpaired) electrons. The summed E-state index contributed by atoms with van der Waals surface area (Å²) in [6.45, 7) is 0. The van der Waals surface area contributed by atoms with Crippen LogP contribution < -0.4 is 4.73 Å². The summed E-state index contributed by atoms with van der Waals surface area (Å²) >= 11 is 0. The summed E-state index contributed by atoms with van der Waals surface area (Å²) in [5.74, 6) is 0. The van der Waals surface area contributed by atoms with Crippen molar-refractivity contribution in [3.8, 4) is 0 Å². The first kappa shape index (κ1) is 11.7. The zero-order valence-electron chi connectivity index (χ0n) is 9.80. The summed E-state index contributed by atoms with van der Waals surface area (Å²) in [6, 6.07) is 12.7. The first-order valence-corrected chi connectivity index (χ1v) is 7.04. The van der Waals surface area contributed by atoms with Crippen molar-refractivity contribution in [2.24, 2.45) is 0 Å². The van der Waals surface area contributed by atoms with Gasteiger partial charge in [-0.2, -0.15) is 4.73 Å². The minimum atomic E-state index is -3.67. The van der Waals surface area contributed by atoms with Crippen molar-refractivity contribution in [1.29, 1.82) is 0 Å². The van der Waals surface area contributed by atoms with Gasteiger partial charge in [0, 0.05) is 18.3 Å². The van der Waals surface area contributed by atoms with Gasteiger partial charge in [-0.05, 0) is 18.2 Å². The van der Waals surface area contributed by atoms with Crippen LogP contribution in [0.5, 0.6) is 0 Å². The largest absolute Gasteiger partial charge is 0.618 e. The molecule has 0 amide bonds. The second-order valence-corrected chi connectivity index (χ2v) is 5.85. The van der Waals surface area contributed by atoms with E-state index >= 15 is 0 Å². The lowest BCUT2D eigenvalue weighted by Crippen LogP contribution is -2.25. The van der Waals surface area contributed by atoms with Crippen molar-refractivity contribution in [3.63, 3.8) is 0 Å². The molecule has 2 heterocycles. The van der Waals surface area contributed by atoms with Gasteiger partial charge in [0.15, 0.2) is 6.20 Å². The van der Waals surface area contributed by atoms with Crippen LogP contribution in [0.2, 0.25) is 0 Å². The van der Waals surface area contributed by atoms with Crippen molar-refractivity contribution in [2.75, 3.05) is 0 Å². The number of nitrogens with zero attached hydrogens (tertiary/aromatic N) is 2. The summed E-state index contributed by atoms with van der Waals surface area (Å²) < 4.78 is 26.7. The Balaban J connectivity index is 2.29. The quantitative estimate of drug-likeness (QED) is 0.525.